The van der Waals surface area contributed by atoms with Crippen molar-refractivity contribution in [1.29, 1.82) is 0 Å². The summed E-state index contributed by atoms with van der Waals surface area (Å²) in [4.78, 5) is 12.1. The topological polar surface area (TPSA) is 38.8 Å². The van der Waals surface area contributed by atoms with Crippen molar-refractivity contribution in [2.45, 2.75) is 44.5 Å². The van der Waals surface area contributed by atoms with Crippen LogP contribution in [-0.2, 0) is 14.3 Å². The zero-order chi connectivity index (χ0) is 15.7. The zero-order valence-electron chi connectivity index (χ0n) is 13.0. The largest absolute Gasteiger partial charge is 0.454 e. The van der Waals surface area contributed by atoms with Crippen molar-refractivity contribution in [2.24, 2.45) is 5.92 Å². The minimum absolute atomic E-state index is 0.261. The first-order valence-corrected chi connectivity index (χ1v) is 7.83. The zero-order valence-corrected chi connectivity index (χ0v) is 13.0. The number of carbonyl (C=O) groups excluding carboxylic acids is 1. The van der Waals surface area contributed by atoms with Crippen LogP contribution in [0.3, 0.4) is 0 Å². The highest BCUT2D eigenvalue weighted by molar-refractivity contribution is 5.87. The average molecular weight is 298 g/mol. The summed E-state index contributed by atoms with van der Waals surface area (Å²) in [7, 11) is 0. The van der Waals surface area contributed by atoms with Crippen LogP contribution in [-0.4, -0.2) is 18.2 Å². The third-order valence-corrected chi connectivity index (χ3v) is 4.58. The highest BCUT2D eigenvalue weighted by Crippen LogP contribution is 2.46. The van der Waals surface area contributed by atoms with Crippen LogP contribution in [0.5, 0.6) is 0 Å². The maximum absolute atomic E-state index is 12.1. The van der Waals surface area contributed by atoms with Gasteiger partial charge in [-0.1, -0.05) is 43.5 Å². The fraction of sp³-hybridized carbons (Fsp3) is 0.421. The minimum atomic E-state index is -0.331. The predicted molar refractivity (Wildman–Crippen MR) is 86.2 cm³/mol. The van der Waals surface area contributed by atoms with Crippen molar-refractivity contribution in [1.82, 2.24) is 0 Å². The third kappa shape index (κ3) is 3.00. The van der Waals surface area contributed by atoms with Gasteiger partial charge < -0.3 is 9.47 Å². The van der Waals surface area contributed by atoms with Gasteiger partial charge in [-0.15, -0.1) is 0 Å². The molecule has 4 atom stereocenters. The Morgan fingerprint density at radius 3 is 2.82 bits per heavy atom. The second-order valence-electron chi connectivity index (χ2n) is 6.23. The van der Waals surface area contributed by atoms with Gasteiger partial charge >= 0.3 is 5.97 Å². The number of hydrogen-bond acceptors (Lipinski definition) is 3. The second kappa shape index (κ2) is 6.09. The molecule has 1 aromatic rings. The van der Waals surface area contributed by atoms with Crippen molar-refractivity contribution >= 4 is 12.0 Å². The maximum Gasteiger partial charge on any atom is 0.333 e. The van der Waals surface area contributed by atoms with Crippen molar-refractivity contribution in [2.75, 3.05) is 0 Å². The number of benzene rings is 1. The molecule has 0 radical (unpaired) electrons. The summed E-state index contributed by atoms with van der Waals surface area (Å²) in [5.74, 6) is -0.0455. The van der Waals surface area contributed by atoms with Crippen molar-refractivity contribution in [3.63, 3.8) is 0 Å². The number of esters is 1. The van der Waals surface area contributed by atoms with Crippen LogP contribution in [0, 0.1) is 5.92 Å². The smallest absolute Gasteiger partial charge is 0.333 e. The lowest BCUT2D eigenvalue weighted by Gasteiger charge is -2.30. The summed E-state index contributed by atoms with van der Waals surface area (Å²) in [6.45, 7) is 9.25. The number of rotatable bonds is 5. The minimum Gasteiger partial charge on any atom is -0.454 e. The molecule has 1 aliphatic heterocycles. The Morgan fingerprint density at radius 1 is 1.36 bits per heavy atom. The van der Waals surface area contributed by atoms with E-state index in [2.05, 4.69) is 13.2 Å². The summed E-state index contributed by atoms with van der Waals surface area (Å²) in [6, 6.07) is 7.97. The molecule has 2 aliphatic rings. The molecule has 116 valence electrons. The number of fused-ring (bicyclic) bond motifs is 1. The molecule has 0 spiro atoms. The van der Waals surface area contributed by atoms with E-state index in [-0.39, 0.29) is 18.0 Å². The normalized spacial score (nSPS) is 27.4. The quantitative estimate of drug-likeness (QED) is 0.467. The highest BCUT2D eigenvalue weighted by atomic mass is 16.6. The lowest BCUT2D eigenvalue weighted by atomic mass is 9.81. The Kier molecular flexibility index (Phi) is 4.16. The van der Waals surface area contributed by atoms with Crippen LogP contribution in [0.15, 0.2) is 43.0 Å². The first-order valence-electron chi connectivity index (χ1n) is 7.83. The summed E-state index contributed by atoms with van der Waals surface area (Å²) in [5, 5.41) is 0. The molecule has 0 amide bonds. The van der Waals surface area contributed by atoms with Crippen LogP contribution in [0.2, 0.25) is 0 Å². The van der Waals surface area contributed by atoms with Crippen molar-refractivity contribution in [3.8, 4) is 0 Å². The highest BCUT2D eigenvalue weighted by Gasteiger charge is 2.46. The molecular formula is C19H22O3. The Labute approximate surface area is 131 Å². The van der Waals surface area contributed by atoms with Crippen LogP contribution in [0.1, 0.15) is 43.4 Å². The summed E-state index contributed by atoms with van der Waals surface area (Å²) in [5.41, 5.74) is 2.47. The Balaban J connectivity index is 1.89. The van der Waals surface area contributed by atoms with Gasteiger partial charge in [-0.2, -0.15) is 0 Å². The molecule has 1 heterocycles. The summed E-state index contributed by atoms with van der Waals surface area (Å²) < 4.78 is 11.4. The van der Waals surface area contributed by atoms with Crippen molar-refractivity contribution < 1.29 is 14.3 Å². The fourth-order valence-corrected chi connectivity index (χ4v) is 3.30. The summed E-state index contributed by atoms with van der Waals surface area (Å²) >= 11 is 0. The molecule has 3 rings (SSSR count). The standard InChI is InChI=1S/C19H22O3/c1-4-13-7-5-6-8-15(13)18(22-19(20)12(2)3)14-9-10-16-17(11-14)21-16/h4-8,14,16-18H,1-2,9-11H2,3H3. The molecular weight excluding hydrogens is 276 g/mol. The fourth-order valence-electron chi connectivity index (χ4n) is 3.30. The first-order chi connectivity index (χ1) is 10.6. The molecule has 0 bridgehead atoms. The molecule has 4 unspecified atom stereocenters. The van der Waals surface area contributed by atoms with Gasteiger partial charge in [0.2, 0.25) is 0 Å². The van der Waals surface area contributed by atoms with E-state index >= 15 is 0 Å². The van der Waals surface area contributed by atoms with E-state index in [0.29, 0.717) is 17.8 Å². The van der Waals surface area contributed by atoms with E-state index in [1.54, 1.807) is 6.92 Å². The average Bonchev–Trinajstić information content (AvgIpc) is 3.30. The van der Waals surface area contributed by atoms with Crippen LogP contribution >= 0.6 is 0 Å². The van der Waals surface area contributed by atoms with E-state index in [1.165, 1.54) is 0 Å². The van der Waals surface area contributed by atoms with E-state index in [9.17, 15) is 4.79 Å². The lowest BCUT2D eigenvalue weighted by Crippen LogP contribution is -2.25. The molecule has 3 nitrogen and oxygen atoms in total. The monoisotopic (exact) mass is 298 g/mol. The molecule has 22 heavy (non-hydrogen) atoms. The van der Waals surface area contributed by atoms with E-state index in [0.717, 1.165) is 30.4 Å². The number of epoxide rings is 1. The second-order valence-corrected chi connectivity index (χ2v) is 6.23. The third-order valence-electron chi connectivity index (χ3n) is 4.58. The maximum atomic E-state index is 12.1. The number of hydrogen-bond donors (Lipinski definition) is 0. The van der Waals surface area contributed by atoms with Crippen molar-refractivity contribution in [3.05, 3.63) is 54.1 Å². The predicted octanol–water partition coefficient (Wildman–Crippen LogP) is 4.06. The molecule has 2 fully saturated rings. The van der Waals surface area contributed by atoms with Crippen LogP contribution < -0.4 is 0 Å². The van der Waals surface area contributed by atoms with Gasteiger partial charge in [-0.25, -0.2) is 4.79 Å². The Morgan fingerprint density at radius 2 is 2.14 bits per heavy atom. The van der Waals surface area contributed by atoms with Gasteiger partial charge in [-0.05, 0) is 37.3 Å². The lowest BCUT2D eigenvalue weighted by molar-refractivity contribution is -0.148. The molecule has 1 saturated heterocycles. The van der Waals surface area contributed by atoms with E-state index < -0.39 is 0 Å². The van der Waals surface area contributed by atoms with Crippen LogP contribution in [0.4, 0.5) is 0 Å². The molecule has 1 saturated carbocycles. The Hall–Kier alpha value is -1.87. The Bertz CT molecular complexity index is 604. The molecule has 3 heteroatoms. The SMILES string of the molecule is C=Cc1ccccc1C(OC(=O)C(=C)C)C1CCC2OC2C1. The summed E-state index contributed by atoms with van der Waals surface area (Å²) in [6.07, 6.45) is 5.35. The van der Waals surface area contributed by atoms with Gasteiger partial charge in [0.05, 0.1) is 12.2 Å². The molecule has 0 N–H and O–H groups in total. The van der Waals surface area contributed by atoms with Crippen LogP contribution in [0.25, 0.3) is 6.08 Å². The van der Waals surface area contributed by atoms with Gasteiger partial charge in [0.15, 0.2) is 0 Å². The van der Waals surface area contributed by atoms with E-state index in [1.807, 2.05) is 30.3 Å². The van der Waals surface area contributed by atoms with Gasteiger partial charge in [-0.3, -0.25) is 0 Å². The molecule has 1 aromatic carbocycles. The first kappa shape index (κ1) is 15.0. The number of ether oxygens (including phenoxy) is 2. The van der Waals surface area contributed by atoms with Gasteiger partial charge in [0.1, 0.15) is 6.10 Å². The molecule has 1 aliphatic carbocycles. The number of carbonyl (C=O) groups is 1. The molecule has 0 aromatic heterocycles. The van der Waals surface area contributed by atoms with Gasteiger partial charge in [0, 0.05) is 11.5 Å². The van der Waals surface area contributed by atoms with Gasteiger partial charge in [0.25, 0.3) is 0 Å². The van der Waals surface area contributed by atoms with E-state index in [4.69, 9.17) is 9.47 Å².